The van der Waals surface area contributed by atoms with Gasteiger partial charge in [0.25, 0.3) is 11.8 Å². The fraction of sp³-hybridized carbons (Fsp3) is 0.0952. The van der Waals surface area contributed by atoms with Gasteiger partial charge < -0.3 is 4.57 Å². The number of carbonyl (C=O) groups excluding carboxylic acids is 2. The first kappa shape index (κ1) is 18.4. The summed E-state index contributed by atoms with van der Waals surface area (Å²) in [5.74, 6) is -1.03. The molecule has 0 unspecified atom stereocenters. The van der Waals surface area contributed by atoms with Gasteiger partial charge in [0, 0.05) is 29.2 Å². The van der Waals surface area contributed by atoms with Gasteiger partial charge in [0.05, 0.1) is 10.7 Å². The molecule has 0 bridgehead atoms. The van der Waals surface area contributed by atoms with E-state index in [1.165, 1.54) is 4.90 Å². The van der Waals surface area contributed by atoms with Crippen LogP contribution in [0.3, 0.4) is 0 Å². The quantitative estimate of drug-likeness (QED) is 0.401. The Morgan fingerprint density at radius 2 is 1.82 bits per heavy atom. The number of fused-ring (bicyclic) bond motifs is 1. The van der Waals surface area contributed by atoms with Crippen molar-refractivity contribution in [3.8, 4) is 0 Å². The molecule has 0 aliphatic carbocycles. The first-order valence-corrected chi connectivity index (χ1v) is 9.53. The molecular formula is C21H16ClN3O2S. The van der Waals surface area contributed by atoms with Crippen LogP contribution in [0.4, 0.5) is 5.69 Å². The number of thiocarbonyl (C=S) groups is 1. The number of aromatic nitrogens is 1. The van der Waals surface area contributed by atoms with Crippen LogP contribution in [-0.4, -0.2) is 21.5 Å². The summed E-state index contributed by atoms with van der Waals surface area (Å²) in [7, 11) is 0. The topological polar surface area (TPSA) is 54.3 Å². The van der Waals surface area contributed by atoms with E-state index in [1.807, 2.05) is 37.4 Å². The second kappa shape index (κ2) is 7.22. The highest BCUT2D eigenvalue weighted by Crippen LogP contribution is 2.30. The highest BCUT2D eigenvalue weighted by atomic mass is 35.5. The monoisotopic (exact) mass is 409 g/mol. The Kier molecular flexibility index (Phi) is 4.75. The van der Waals surface area contributed by atoms with E-state index in [2.05, 4.69) is 9.88 Å². The van der Waals surface area contributed by atoms with Gasteiger partial charge in [-0.15, -0.1) is 0 Å². The number of hydrogen-bond acceptors (Lipinski definition) is 3. The molecule has 2 amide bonds. The summed E-state index contributed by atoms with van der Waals surface area (Å²) in [6.45, 7) is 2.82. The maximum absolute atomic E-state index is 13.2. The van der Waals surface area contributed by atoms with Gasteiger partial charge in [0.2, 0.25) is 0 Å². The molecule has 2 aromatic carbocycles. The molecule has 1 aliphatic rings. The molecule has 7 heteroatoms. The van der Waals surface area contributed by atoms with Gasteiger partial charge in [-0.1, -0.05) is 41.9 Å². The van der Waals surface area contributed by atoms with Crippen molar-refractivity contribution in [2.45, 2.75) is 13.5 Å². The Morgan fingerprint density at radius 1 is 1.11 bits per heavy atom. The fourth-order valence-corrected chi connectivity index (χ4v) is 3.81. The summed E-state index contributed by atoms with van der Waals surface area (Å²) < 4.78 is 2.07. The van der Waals surface area contributed by atoms with E-state index < -0.39 is 11.8 Å². The maximum Gasteiger partial charge on any atom is 0.270 e. The third-order valence-corrected chi connectivity index (χ3v) is 5.26. The van der Waals surface area contributed by atoms with Crippen LogP contribution in [0.1, 0.15) is 12.5 Å². The molecule has 1 aliphatic heterocycles. The van der Waals surface area contributed by atoms with E-state index in [0.717, 1.165) is 23.0 Å². The molecule has 0 radical (unpaired) electrons. The average molecular weight is 410 g/mol. The summed E-state index contributed by atoms with van der Waals surface area (Å²) in [5.41, 5.74) is 2.27. The lowest BCUT2D eigenvalue weighted by Gasteiger charge is -2.29. The van der Waals surface area contributed by atoms with E-state index >= 15 is 0 Å². The lowest BCUT2D eigenvalue weighted by atomic mass is 10.1. The SMILES string of the molecule is CCn1cc(/C=C2\C(=O)NC(=S)N(c3ccccc3Cl)C2=O)c2ccccc21. The summed E-state index contributed by atoms with van der Waals surface area (Å²) in [6.07, 6.45) is 3.54. The zero-order valence-corrected chi connectivity index (χ0v) is 16.6. The molecular weight excluding hydrogens is 394 g/mol. The van der Waals surface area contributed by atoms with Crippen LogP contribution in [0.25, 0.3) is 17.0 Å². The summed E-state index contributed by atoms with van der Waals surface area (Å²) >= 11 is 11.5. The lowest BCUT2D eigenvalue weighted by Crippen LogP contribution is -2.54. The predicted octanol–water partition coefficient (Wildman–Crippen LogP) is 4.15. The van der Waals surface area contributed by atoms with Crippen LogP contribution >= 0.6 is 23.8 Å². The standard InChI is InChI=1S/C21H16ClN3O2S/c1-2-24-12-13(14-7-3-5-9-17(14)24)11-15-19(26)23-21(28)25(20(15)27)18-10-6-4-8-16(18)22/h3-12H,2H2,1H3,(H,23,26,28)/b15-11+. The van der Waals surface area contributed by atoms with Gasteiger partial charge in [-0.3, -0.25) is 19.8 Å². The number of benzene rings is 2. The van der Waals surface area contributed by atoms with Crippen molar-refractivity contribution < 1.29 is 9.59 Å². The zero-order chi connectivity index (χ0) is 19.8. The molecule has 0 spiro atoms. The van der Waals surface area contributed by atoms with Crippen molar-refractivity contribution in [1.29, 1.82) is 0 Å². The number of para-hydroxylation sites is 2. The molecule has 2 heterocycles. The Balaban J connectivity index is 1.83. The van der Waals surface area contributed by atoms with Crippen LogP contribution in [0.2, 0.25) is 5.02 Å². The van der Waals surface area contributed by atoms with Gasteiger partial charge in [-0.05, 0) is 43.4 Å². The fourth-order valence-electron chi connectivity index (χ4n) is 3.32. The number of nitrogens with one attached hydrogen (secondary N) is 1. The van der Waals surface area contributed by atoms with Crippen molar-refractivity contribution in [2.24, 2.45) is 0 Å². The normalized spacial score (nSPS) is 16.1. The maximum atomic E-state index is 13.2. The third-order valence-electron chi connectivity index (χ3n) is 4.65. The lowest BCUT2D eigenvalue weighted by molar-refractivity contribution is -0.122. The number of anilines is 1. The summed E-state index contributed by atoms with van der Waals surface area (Å²) in [6, 6.07) is 14.7. The number of nitrogens with zero attached hydrogens (tertiary/aromatic N) is 2. The van der Waals surface area contributed by atoms with E-state index in [4.69, 9.17) is 23.8 Å². The minimum atomic E-state index is -0.522. The van der Waals surface area contributed by atoms with Crippen LogP contribution in [0.5, 0.6) is 0 Å². The van der Waals surface area contributed by atoms with Gasteiger partial charge in [0.1, 0.15) is 5.57 Å². The molecule has 5 nitrogen and oxygen atoms in total. The van der Waals surface area contributed by atoms with E-state index in [9.17, 15) is 9.59 Å². The van der Waals surface area contributed by atoms with Crippen LogP contribution in [0, 0.1) is 0 Å². The van der Waals surface area contributed by atoms with Gasteiger partial charge in [0.15, 0.2) is 5.11 Å². The molecule has 3 aromatic rings. The zero-order valence-electron chi connectivity index (χ0n) is 15.0. The van der Waals surface area contributed by atoms with Gasteiger partial charge in [-0.25, -0.2) is 0 Å². The highest BCUT2D eigenvalue weighted by molar-refractivity contribution is 7.80. The van der Waals surface area contributed by atoms with Crippen molar-refractivity contribution in [3.05, 3.63) is 70.9 Å². The Morgan fingerprint density at radius 3 is 2.57 bits per heavy atom. The van der Waals surface area contributed by atoms with Crippen LogP contribution in [0.15, 0.2) is 60.3 Å². The smallest absolute Gasteiger partial charge is 0.270 e. The minimum Gasteiger partial charge on any atom is -0.347 e. The van der Waals surface area contributed by atoms with Crippen LogP contribution < -0.4 is 10.2 Å². The van der Waals surface area contributed by atoms with E-state index in [1.54, 1.807) is 30.3 Å². The average Bonchev–Trinajstić information content (AvgIpc) is 3.04. The summed E-state index contributed by atoms with van der Waals surface area (Å²) in [4.78, 5) is 27.0. The predicted molar refractivity (Wildman–Crippen MR) is 115 cm³/mol. The largest absolute Gasteiger partial charge is 0.347 e. The summed E-state index contributed by atoms with van der Waals surface area (Å²) in [5, 5.41) is 3.94. The highest BCUT2D eigenvalue weighted by Gasteiger charge is 2.35. The van der Waals surface area contributed by atoms with E-state index in [0.29, 0.717) is 10.7 Å². The van der Waals surface area contributed by atoms with Crippen LogP contribution in [-0.2, 0) is 16.1 Å². The number of hydrogen-bond donors (Lipinski definition) is 1. The number of halogens is 1. The molecule has 0 atom stereocenters. The number of rotatable bonds is 3. The van der Waals surface area contributed by atoms with Gasteiger partial charge in [-0.2, -0.15) is 0 Å². The Bertz CT molecular complexity index is 1170. The molecule has 140 valence electrons. The molecule has 1 N–H and O–H groups in total. The molecule has 0 saturated carbocycles. The molecule has 1 aromatic heterocycles. The molecule has 4 rings (SSSR count). The first-order valence-electron chi connectivity index (χ1n) is 8.75. The molecule has 1 fully saturated rings. The van der Waals surface area contributed by atoms with E-state index in [-0.39, 0.29) is 10.7 Å². The van der Waals surface area contributed by atoms with Gasteiger partial charge >= 0.3 is 0 Å². The molecule has 28 heavy (non-hydrogen) atoms. The first-order chi connectivity index (χ1) is 13.5. The van der Waals surface area contributed by atoms with Crippen molar-refractivity contribution in [2.75, 3.05) is 4.90 Å². The van der Waals surface area contributed by atoms with Crippen molar-refractivity contribution >= 4 is 63.4 Å². The van der Waals surface area contributed by atoms with Crippen molar-refractivity contribution in [3.63, 3.8) is 0 Å². The number of aryl methyl sites for hydroxylation is 1. The number of carbonyl (C=O) groups is 2. The Hall–Kier alpha value is -2.96. The Labute approximate surface area is 172 Å². The third kappa shape index (κ3) is 3.00. The number of amides is 2. The second-order valence-electron chi connectivity index (χ2n) is 6.30. The molecule has 1 saturated heterocycles. The van der Waals surface area contributed by atoms with Crippen molar-refractivity contribution in [1.82, 2.24) is 9.88 Å². The minimum absolute atomic E-state index is 0.00697. The second-order valence-corrected chi connectivity index (χ2v) is 7.09.